The number of carbonyl (C=O) groups is 1. The molecule has 0 aromatic heterocycles. The number of nitrogens with one attached hydrogen (secondary N) is 1. The Bertz CT molecular complexity index is 1030. The minimum absolute atomic E-state index is 0.200. The van der Waals surface area contributed by atoms with Gasteiger partial charge >= 0.3 is 12.4 Å². The molecule has 28 heavy (non-hydrogen) atoms. The summed E-state index contributed by atoms with van der Waals surface area (Å²) in [5.41, 5.74) is -5.01. The first-order valence-corrected chi connectivity index (χ1v) is 8.79. The van der Waals surface area contributed by atoms with E-state index < -0.39 is 60.7 Å². The minimum Gasteiger partial charge on any atom is -0.268 e. The van der Waals surface area contributed by atoms with Crippen molar-refractivity contribution < 1.29 is 43.9 Å². The molecule has 0 unspecified atom stereocenters. The highest BCUT2D eigenvalue weighted by Crippen LogP contribution is 2.37. The summed E-state index contributed by atoms with van der Waals surface area (Å²) >= 11 is 5.41. The monoisotopic (exact) mass is 449 g/mol. The van der Waals surface area contributed by atoms with Gasteiger partial charge in [-0.05, 0) is 36.4 Å². The first-order chi connectivity index (χ1) is 12.6. The lowest BCUT2D eigenvalue weighted by molar-refractivity contribution is -0.143. The Hall–Kier alpha value is -2.34. The van der Waals surface area contributed by atoms with E-state index in [1.807, 2.05) is 0 Å². The van der Waals surface area contributed by atoms with Crippen LogP contribution < -0.4 is 4.72 Å². The lowest BCUT2D eigenvalue weighted by atomic mass is 10.0. The van der Waals surface area contributed by atoms with Crippen molar-refractivity contribution in [2.45, 2.75) is 17.2 Å². The van der Waals surface area contributed by atoms with Crippen molar-refractivity contribution in [2.24, 2.45) is 0 Å². The number of alkyl halides is 6. The quantitative estimate of drug-likeness (QED) is 0.695. The van der Waals surface area contributed by atoms with Crippen LogP contribution in [0, 0.1) is 5.82 Å². The molecule has 2 aromatic carbocycles. The maximum absolute atomic E-state index is 13.1. The second kappa shape index (κ2) is 7.24. The van der Waals surface area contributed by atoms with Gasteiger partial charge in [0.2, 0.25) is 0 Å². The molecule has 0 saturated heterocycles. The largest absolute Gasteiger partial charge is 0.417 e. The van der Waals surface area contributed by atoms with Gasteiger partial charge in [-0.3, -0.25) is 4.79 Å². The maximum atomic E-state index is 13.1. The summed E-state index contributed by atoms with van der Waals surface area (Å²) in [6, 6.07) is 2.02. The zero-order chi connectivity index (χ0) is 21.5. The van der Waals surface area contributed by atoms with E-state index in [9.17, 15) is 43.9 Å². The van der Waals surface area contributed by atoms with Gasteiger partial charge in [0.05, 0.1) is 26.6 Å². The number of sulfonamides is 1. The molecule has 0 radical (unpaired) electrons. The first kappa shape index (κ1) is 22.0. The highest BCUT2D eigenvalue weighted by molar-refractivity contribution is 7.90. The third kappa shape index (κ3) is 4.73. The standard InChI is InChI=1S/C15H7ClF7NO3S/c16-11-6-8(2-4-12(11)17)28(26,27)24-13(25)9-3-1-7(14(18,19)20)5-10(9)15(21,22)23/h1-6H,(H,24,25). The minimum atomic E-state index is -5.38. The van der Waals surface area contributed by atoms with Crippen molar-refractivity contribution in [2.75, 3.05) is 0 Å². The van der Waals surface area contributed by atoms with E-state index in [0.717, 1.165) is 0 Å². The van der Waals surface area contributed by atoms with Crippen LogP contribution in [-0.2, 0) is 22.4 Å². The fraction of sp³-hybridized carbons (Fsp3) is 0.133. The van der Waals surface area contributed by atoms with Crippen molar-refractivity contribution in [3.8, 4) is 0 Å². The van der Waals surface area contributed by atoms with Crippen molar-refractivity contribution in [3.05, 3.63) is 63.9 Å². The number of rotatable bonds is 3. The molecule has 0 aliphatic carbocycles. The van der Waals surface area contributed by atoms with E-state index in [4.69, 9.17) is 11.6 Å². The van der Waals surface area contributed by atoms with Crippen LogP contribution in [0.5, 0.6) is 0 Å². The van der Waals surface area contributed by atoms with Crippen LogP contribution in [-0.4, -0.2) is 14.3 Å². The smallest absolute Gasteiger partial charge is 0.268 e. The SMILES string of the molecule is O=C(NS(=O)(=O)c1ccc(F)c(Cl)c1)c1ccc(C(F)(F)F)cc1C(F)(F)F. The maximum Gasteiger partial charge on any atom is 0.417 e. The first-order valence-electron chi connectivity index (χ1n) is 6.93. The van der Waals surface area contributed by atoms with Crippen LogP contribution in [0.25, 0.3) is 0 Å². The molecule has 0 saturated carbocycles. The average molecular weight is 450 g/mol. The van der Waals surface area contributed by atoms with E-state index in [2.05, 4.69) is 0 Å². The summed E-state index contributed by atoms with van der Waals surface area (Å²) in [7, 11) is -4.79. The topological polar surface area (TPSA) is 63.2 Å². The van der Waals surface area contributed by atoms with E-state index >= 15 is 0 Å². The normalized spacial score (nSPS) is 12.7. The molecule has 0 aliphatic heterocycles. The average Bonchev–Trinajstić information content (AvgIpc) is 2.54. The molecule has 4 nitrogen and oxygen atoms in total. The number of carbonyl (C=O) groups excluding carboxylic acids is 1. The number of hydrogen-bond acceptors (Lipinski definition) is 3. The molecule has 0 spiro atoms. The molecule has 2 aromatic rings. The van der Waals surface area contributed by atoms with Crippen LogP contribution >= 0.6 is 11.6 Å². The van der Waals surface area contributed by atoms with Gasteiger partial charge in [0, 0.05) is 0 Å². The van der Waals surface area contributed by atoms with Gasteiger partial charge in [-0.1, -0.05) is 11.6 Å². The van der Waals surface area contributed by atoms with Crippen LogP contribution in [0.15, 0.2) is 41.3 Å². The Kier molecular flexibility index (Phi) is 5.68. The lowest BCUT2D eigenvalue weighted by Gasteiger charge is -2.16. The van der Waals surface area contributed by atoms with Crippen molar-refractivity contribution in [3.63, 3.8) is 0 Å². The molecule has 0 bridgehead atoms. The Morgan fingerprint density at radius 3 is 2.04 bits per heavy atom. The molecule has 0 heterocycles. The molecule has 1 N–H and O–H groups in total. The Balaban J connectivity index is 2.47. The number of halogens is 8. The van der Waals surface area contributed by atoms with Crippen LogP contribution in [0.1, 0.15) is 21.5 Å². The molecule has 0 aliphatic rings. The van der Waals surface area contributed by atoms with Gasteiger partial charge < -0.3 is 0 Å². The third-order valence-electron chi connectivity index (χ3n) is 3.33. The fourth-order valence-electron chi connectivity index (χ4n) is 2.03. The van der Waals surface area contributed by atoms with Gasteiger partial charge in [-0.2, -0.15) is 26.3 Å². The fourth-order valence-corrected chi connectivity index (χ4v) is 3.27. The summed E-state index contributed by atoms with van der Waals surface area (Å²) in [4.78, 5) is 11.3. The van der Waals surface area contributed by atoms with E-state index in [1.54, 1.807) is 0 Å². The van der Waals surface area contributed by atoms with Gasteiger partial charge in [-0.15, -0.1) is 0 Å². The summed E-state index contributed by atoms with van der Waals surface area (Å²) in [5.74, 6) is -2.82. The summed E-state index contributed by atoms with van der Waals surface area (Å²) in [5, 5.41) is -0.638. The van der Waals surface area contributed by atoms with Gasteiger partial charge in [-0.25, -0.2) is 17.5 Å². The van der Waals surface area contributed by atoms with Crippen molar-refractivity contribution in [1.82, 2.24) is 4.72 Å². The molecule has 0 fully saturated rings. The Morgan fingerprint density at radius 2 is 1.54 bits per heavy atom. The predicted molar refractivity (Wildman–Crippen MR) is 82.5 cm³/mol. The van der Waals surface area contributed by atoms with Crippen LogP contribution in [0.4, 0.5) is 30.7 Å². The number of benzene rings is 2. The van der Waals surface area contributed by atoms with Crippen LogP contribution in [0.3, 0.4) is 0 Å². The predicted octanol–water partition coefficient (Wildman–Crippen LogP) is 4.64. The van der Waals surface area contributed by atoms with Crippen LogP contribution in [0.2, 0.25) is 5.02 Å². The van der Waals surface area contributed by atoms with Gasteiger partial charge in [0.25, 0.3) is 15.9 Å². The molecule has 2 rings (SSSR count). The second-order valence-corrected chi connectivity index (χ2v) is 7.36. The molecular weight excluding hydrogens is 443 g/mol. The second-order valence-electron chi connectivity index (χ2n) is 5.27. The van der Waals surface area contributed by atoms with Crippen molar-refractivity contribution in [1.29, 1.82) is 0 Å². The highest BCUT2D eigenvalue weighted by atomic mass is 35.5. The number of amides is 1. The molecule has 1 amide bonds. The van der Waals surface area contributed by atoms with E-state index in [0.29, 0.717) is 18.2 Å². The van der Waals surface area contributed by atoms with Crippen molar-refractivity contribution >= 4 is 27.5 Å². The Labute approximate surface area is 158 Å². The summed E-state index contributed by atoms with van der Waals surface area (Å²) in [6.07, 6.45) is -10.5. The van der Waals surface area contributed by atoms with E-state index in [1.165, 1.54) is 4.72 Å². The zero-order valence-corrected chi connectivity index (χ0v) is 14.7. The van der Waals surface area contributed by atoms with E-state index in [-0.39, 0.29) is 18.2 Å². The van der Waals surface area contributed by atoms with Gasteiger partial charge in [0.1, 0.15) is 5.82 Å². The molecule has 152 valence electrons. The Morgan fingerprint density at radius 1 is 0.929 bits per heavy atom. The molecule has 0 atom stereocenters. The zero-order valence-electron chi connectivity index (χ0n) is 13.1. The summed E-state index contributed by atoms with van der Waals surface area (Å²) < 4.78 is 116. The molecular formula is C15H7ClF7NO3S. The molecule has 13 heteroatoms. The van der Waals surface area contributed by atoms with Gasteiger partial charge in [0.15, 0.2) is 0 Å². The third-order valence-corrected chi connectivity index (χ3v) is 4.94. The summed E-state index contributed by atoms with van der Waals surface area (Å²) in [6.45, 7) is 0. The lowest BCUT2D eigenvalue weighted by Crippen LogP contribution is -2.32. The highest BCUT2D eigenvalue weighted by Gasteiger charge is 2.40. The number of hydrogen-bond donors (Lipinski definition) is 1.